The minimum Gasteiger partial charge on any atom is -0.493 e. The molecule has 0 atom stereocenters. The predicted octanol–water partition coefficient (Wildman–Crippen LogP) is 5.11. The maximum Gasteiger partial charge on any atom is 0.120 e. The van der Waals surface area contributed by atoms with Crippen molar-refractivity contribution < 1.29 is 4.74 Å². The number of ether oxygens (including phenoxy) is 1. The summed E-state index contributed by atoms with van der Waals surface area (Å²) < 4.78 is 6.81. The molecule has 0 unspecified atom stereocenters. The van der Waals surface area contributed by atoms with Crippen molar-refractivity contribution in [2.24, 2.45) is 0 Å². The molecule has 3 heteroatoms. The van der Waals surface area contributed by atoms with Gasteiger partial charge in [0.2, 0.25) is 0 Å². The molecular weight excluding hydrogens is 332 g/mol. The van der Waals surface area contributed by atoms with E-state index in [-0.39, 0.29) is 0 Å². The van der Waals surface area contributed by atoms with E-state index < -0.39 is 0 Å². The molecule has 0 N–H and O–H groups in total. The van der Waals surface area contributed by atoms with Gasteiger partial charge >= 0.3 is 0 Å². The molecule has 0 heterocycles. The molecular formula is C17H17BrOS. The van der Waals surface area contributed by atoms with Crippen LogP contribution in [-0.2, 0) is 12.8 Å². The van der Waals surface area contributed by atoms with Crippen LogP contribution in [0.3, 0.4) is 0 Å². The Labute approximate surface area is 132 Å². The number of thioether (sulfide) groups is 1. The third-order valence-electron chi connectivity index (χ3n) is 3.49. The highest BCUT2D eigenvalue weighted by Gasteiger charge is 2.10. The van der Waals surface area contributed by atoms with Crippen molar-refractivity contribution in [3.63, 3.8) is 0 Å². The molecule has 0 fully saturated rings. The third-order valence-corrected chi connectivity index (χ3v) is 4.94. The minimum absolute atomic E-state index is 0.734. The fourth-order valence-electron chi connectivity index (χ4n) is 2.51. The highest BCUT2D eigenvalue weighted by Crippen LogP contribution is 2.27. The van der Waals surface area contributed by atoms with Crippen LogP contribution in [0.4, 0.5) is 0 Å². The fraction of sp³-hybridized carbons (Fsp3) is 0.294. The summed E-state index contributed by atoms with van der Waals surface area (Å²) in [4.78, 5) is 1.36. The Hall–Kier alpha value is -0.930. The van der Waals surface area contributed by atoms with E-state index in [2.05, 4.69) is 34.1 Å². The molecule has 2 aromatic rings. The summed E-state index contributed by atoms with van der Waals surface area (Å²) >= 11 is 5.32. The number of benzene rings is 2. The lowest BCUT2D eigenvalue weighted by Crippen LogP contribution is -2.00. The van der Waals surface area contributed by atoms with E-state index >= 15 is 0 Å². The zero-order valence-electron chi connectivity index (χ0n) is 11.3. The molecule has 0 saturated heterocycles. The average molecular weight is 349 g/mol. The molecule has 3 rings (SSSR count). The number of fused-ring (bicyclic) bond motifs is 1. The third kappa shape index (κ3) is 3.58. The maximum atomic E-state index is 5.75. The molecule has 0 bridgehead atoms. The van der Waals surface area contributed by atoms with E-state index in [1.54, 1.807) is 11.1 Å². The van der Waals surface area contributed by atoms with E-state index in [9.17, 15) is 0 Å². The van der Waals surface area contributed by atoms with Gasteiger partial charge in [-0.2, -0.15) is 0 Å². The van der Waals surface area contributed by atoms with Gasteiger partial charge in [-0.3, -0.25) is 0 Å². The van der Waals surface area contributed by atoms with Gasteiger partial charge in [-0.25, -0.2) is 0 Å². The Morgan fingerprint density at radius 3 is 2.85 bits per heavy atom. The summed E-state index contributed by atoms with van der Waals surface area (Å²) in [5.74, 6) is 1.90. The van der Waals surface area contributed by atoms with Gasteiger partial charge in [0.05, 0.1) is 6.61 Å². The largest absolute Gasteiger partial charge is 0.493 e. The first-order valence-corrected chi connectivity index (χ1v) is 8.72. The quantitative estimate of drug-likeness (QED) is 0.548. The lowest BCUT2D eigenvalue weighted by Gasteiger charge is -2.07. The van der Waals surface area contributed by atoms with E-state index in [1.807, 2.05) is 36.0 Å². The topological polar surface area (TPSA) is 9.23 Å². The van der Waals surface area contributed by atoms with Crippen LogP contribution in [0.5, 0.6) is 5.75 Å². The average Bonchev–Trinajstić information content (AvgIpc) is 2.91. The van der Waals surface area contributed by atoms with Gasteiger partial charge < -0.3 is 4.74 Å². The lowest BCUT2D eigenvalue weighted by atomic mass is 10.1. The molecule has 0 aromatic heterocycles. The van der Waals surface area contributed by atoms with Crippen LogP contribution in [-0.4, -0.2) is 12.4 Å². The summed E-state index contributed by atoms with van der Waals surface area (Å²) in [6.45, 7) is 0.734. The summed E-state index contributed by atoms with van der Waals surface area (Å²) in [6.07, 6.45) is 3.82. The van der Waals surface area contributed by atoms with Gasteiger partial charge in [0.25, 0.3) is 0 Å². The van der Waals surface area contributed by atoms with Crippen LogP contribution in [0.2, 0.25) is 0 Å². The Balaban J connectivity index is 1.48. The van der Waals surface area contributed by atoms with Gasteiger partial charge in [-0.1, -0.05) is 28.1 Å². The number of halogens is 1. The molecule has 20 heavy (non-hydrogen) atoms. The highest BCUT2D eigenvalue weighted by molar-refractivity contribution is 9.10. The summed E-state index contributed by atoms with van der Waals surface area (Å²) in [6, 6.07) is 14.9. The number of hydrogen-bond acceptors (Lipinski definition) is 2. The molecule has 1 aliphatic carbocycles. The monoisotopic (exact) mass is 348 g/mol. The maximum absolute atomic E-state index is 5.75. The molecule has 1 aliphatic rings. The first-order valence-electron chi connectivity index (χ1n) is 6.94. The van der Waals surface area contributed by atoms with Crippen molar-refractivity contribution in [3.8, 4) is 5.75 Å². The van der Waals surface area contributed by atoms with Crippen LogP contribution in [0.15, 0.2) is 51.8 Å². The summed E-state index contributed by atoms with van der Waals surface area (Å²) in [7, 11) is 0. The van der Waals surface area contributed by atoms with Crippen molar-refractivity contribution in [2.45, 2.75) is 24.2 Å². The second-order valence-corrected chi connectivity index (χ2v) is 7.02. The van der Waals surface area contributed by atoms with Crippen molar-refractivity contribution in [3.05, 3.63) is 58.1 Å². The van der Waals surface area contributed by atoms with Crippen molar-refractivity contribution in [2.75, 3.05) is 12.4 Å². The second-order valence-electron chi connectivity index (χ2n) is 4.94. The molecule has 0 aliphatic heterocycles. The standard InChI is InChI=1S/C17H17BrOS/c18-15-5-2-6-16(12-15)19-9-10-20-17-8-7-13-3-1-4-14(13)11-17/h2,5-8,11-12H,1,3-4,9-10H2. The molecule has 104 valence electrons. The Morgan fingerprint density at radius 2 is 1.95 bits per heavy atom. The van der Waals surface area contributed by atoms with E-state index in [4.69, 9.17) is 4.74 Å². The number of aryl methyl sites for hydroxylation is 2. The zero-order chi connectivity index (χ0) is 13.8. The first-order chi connectivity index (χ1) is 9.81. The van der Waals surface area contributed by atoms with Crippen LogP contribution in [0.25, 0.3) is 0 Å². The minimum atomic E-state index is 0.734. The fourth-order valence-corrected chi connectivity index (χ4v) is 3.68. The number of rotatable bonds is 5. The molecule has 0 spiro atoms. The van der Waals surface area contributed by atoms with Crippen molar-refractivity contribution in [1.29, 1.82) is 0 Å². The van der Waals surface area contributed by atoms with Gasteiger partial charge in [0.15, 0.2) is 0 Å². The van der Waals surface area contributed by atoms with Gasteiger partial charge in [-0.15, -0.1) is 11.8 Å². The van der Waals surface area contributed by atoms with Crippen LogP contribution in [0, 0.1) is 0 Å². The van der Waals surface area contributed by atoms with Crippen molar-refractivity contribution >= 4 is 27.7 Å². The Kier molecular flexibility index (Phi) is 4.69. The SMILES string of the molecule is Brc1cccc(OCCSc2ccc3c(c2)CCC3)c1. The normalized spacial score (nSPS) is 13.2. The summed E-state index contributed by atoms with van der Waals surface area (Å²) in [5, 5.41) is 0. The molecule has 0 radical (unpaired) electrons. The first kappa shape index (κ1) is 14.0. The molecule has 2 aromatic carbocycles. The van der Waals surface area contributed by atoms with Crippen molar-refractivity contribution in [1.82, 2.24) is 0 Å². The van der Waals surface area contributed by atoms with Crippen LogP contribution < -0.4 is 4.74 Å². The van der Waals surface area contributed by atoms with Gasteiger partial charge in [-0.05, 0) is 60.7 Å². The predicted molar refractivity (Wildman–Crippen MR) is 88.8 cm³/mol. The Morgan fingerprint density at radius 1 is 1.05 bits per heavy atom. The van der Waals surface area contributed by atoms with E-state index in [0.717, 1.165) is 22.6 Å². The number of hydrogen-bond donors (Lipinski definition) is 0. The molecule has 0 amide bonds. The van der Waals surface area contributed by atoms with Gasteiger partial charge in [0.1, 0.15) is 5.75 Å². The van der Waals surface area contributed by atoms with Gasteiger partial charge in [0, 0.05) is 15.1 Å². The molecule has 0 saturated carbocycles. The Bertz CT molecular complexity index is 597. The smallest absolute Gasteiger partial charge is 0.120 e. The summed E-state index contributed by atoms with van der Waals surface area (Å²) in [5.41, 5.74) is 3.09. The van der Waals surface area contributed by atoms with Crippen LogP contribution >= 0.6 is 27.7 Å². The van der Waals surface area contributed by atoms with E-state index in [0.29, 0.717) is 0 Å². The zero-order valence-corrected chi connectivity index (χ0v) is 13.7. The lowest BCUT2D eigenvalue weighted by molar-refractivity contribution is 0.344. The highest BCUT2D eigenvalue weighted by atomic mass is 79.9. The second kappa shape index (κ2) is 6.68. The van der Waals surface area contributed by atoms with Crippen LogP contribution in [0.1, 0.15) is 17.5 Å². The van der Waals surface area contributed by atoms with E-state index in [1.165, 1.54) is 24.2 Å². The molecule has 1 nitrogen and oxygen atoms in total.